The molecule has 0 amide bonds. The first-order chi connectivity index (χ1) is 8.61. The lowest BCUT2D eigenvalue weighted by Crippen LogP contribution is -2.17. The van der Waals surface area contributed by atoms with Crippen molar-refractivity contribution in [2.75, 3.05) is 6.54 Å². The van der Waals surface area contributed by atoms with Gasteiger partial charge < -0.3 is 9.73 Å². The molecule has 0 aliphatic rings. The number of benzene rings is 1. The summed E-state index contributed by atoms with van der Waals surface area (Å²) in [7, 11) is 0. The van der Waals surface area contributed by atoms with Crippen LogP contribution in [0.15, 0.2) is 27.1 Å². The molecule has 6 heteroatoms. The van der Waals surface area contributed by atoms with E-state index >= 15 is 0 Å². The highest BCUT2D eigenvalue weighted by Crippen LogP contribution is 2.28. The average Bonchev–Trinajstić information content (AvgIpc) is 2.78. The van der Waals surface area contributed by atoms with Crippen molar-refractivity contribution in [2.45, 2.75) is 19.9 Å². The van der Waals surface area contributed by atoms with E-state index in [1.807, 2.05) is 13.8 Å². The van der Waals surface area contributed by atoms with Crippen molar-refractivity contribution in [3.8, 4) is 11.5 Å². The van der Waals surface area contributed by atoms with Gasteiger partial charge in [0, 0.05) is 4.47 Å². The van der Waals surface area contributed by atoms with Crippen molar-refractivity contribution in [3.05, 3.63) is 34.4 Å². The van der Waals surface area contributed by atoms with Gasteiger partial charge in [0.2, 0.25) is 11.8 Å². The zero-order chi connectivity index (χ0) is 13.1. The van der Waals surface area contributed by atoms with E-state index in [9.17, 15) is 4.39 Å². The molecule has 1 aromatic heterocycles. The number of nitrogens with zero attached hydrogens (tertiary/aromatic N) is 2. The number of aromatic nitrogens is 2. The molecule has 0 aliphatic heterocycles. The molecule has 1 atom stereocenters. The highest BCUT2D eigenvalue weighted by molar-refractivity contribution is 9.10. The van der Waals surface area contributed by atoms with Gasteiger partial charge in [-0.1, -0.05) is 6.92 Å². The van der Waals surface area contributed by atoms with Crippen molar-refractivity contribution in [3.63, 3.8) is 0 Å². The van der Waals surface area contributed by atoms with Crippen LogP contribution in [0.25, 0.3) is 11.5 Å². The van der Waals surface area contributed by atoms with Crippen LogP contribution in [0.4, 0.5) is 4.39 Å². The molecule has 4 nitrogen and oxygen atoms in total. The van der Waals surface area contributed by atoms with Crippen LogP contribution < -0.4 is 5.32 Å². The fourth-order valence-corrected chi connectivity index (χ4v) is 2.10. The van der Waals surface area contributed by atoms with E-state index in [0.717, 1.165) is 6.54 Å². The van der Waals surface area contributed by atoms with E-state index in [1.54, 1.807) is 6.07 Å². The van der Waals surface area contributed by atoms with Crippen LogP contribution in [0.3, 0.4) is 0 Å². The van der Waals surface area contributed by atoms with Crippen LogP contribution in [-0.2, 0) is 0 Å². The zero-order valence-electron chi connectivity index (χ0n) is 10.1. The Bertz CT molecular complexity index is 544. The Morgan fingerprint density at radius 1 is 1.44 bits per heavy atom. The maximum Gasteiger partial charge on any atom is 0.248 e. The van der Waals surface area contributed by atoms with Crippen molar-refractivity contribution in [1.29, 1.82) is 0 Å². The van der Waals surface area contributed by atoms with E-state index in [1.165, 1.54) is 12.1 Å². The molecule has 1 N–H and O–H groups in total. The molecule has 0 saturated heterocycles. The Balaban J connectivity index is 2.29. The minimum atomic E-state index is -0.314. The third-order valence-electron chi connectivity index (χ3n) is 2.48. The normalized spacial score (nSPS) is 12.7. The van der Waals surface area contributed by atoms with Crippen molar-refractivity contribution in [1.82, 2.24) is 15.5 Å². The summed E-state index contributed by atoms with van der Waals surface area (Å²) in [6, 6.07) is 4.33. The van der Waals surface area contributed by atoms with Crippen LogP contribution in [0.2, 0.25) is 0 Å². The van der Waals surface area contributed by atoms with Gasteiger partial charge in [-0.3, -0.25) is 0 Å². The molecule has 2 aromatic rings. The molecule has 96 valence electrons. The van der Waals surface area contributed by atoms with Crippen LogP contribution in [0.1, 0.15) is 25.8 Å². The van der Waals surface area contributed by atoms with Crippen LogP contribution in [-0.4, -0.2) is 16.7 Å². The van der Waals surface area contributed by atoms with Gasteiger partial charge in [0.05, 0.1) is 11.6 Å². The molecule has 0 spiro atoms. The quantitative estimate of drug-likeness (QED) is 0.941. The summed E-state index contributed by atoms with van der Waals surface area (Å²) >= 11 is 3.28. The summed E-state index contributed by atoms with van der Waals surface area (Å²) < 4.78 is 19.1. The number of halogens is 2. The first-order valence-corrected chi connectivity index (χ1v) is 6.43. The molecule has 0 bridgehead atoms. The molecule has 18 heavy (non-hydrogen) atoms. The van der Waals surface area contributed by atoms with Gasteiger partial charge in [0.1, 0.15) is 5.82 Å². The SMILES string of the molecule is CCNC(C)c1nnc(-c2ccc(F)cc2Br)o1. The van der Waals surface area contributed by atoms with Gasteiger partial charge in [-0.2, -0.15) is 0 Å². The maximum atomic E-state index is 13.0. The second-order valence-electron chi connectivity index (χ2n) is 3.85. The van der Waals surface area contributed by atoms with E-state index < -0.39 is 0 Å². The third-order valence-corrected chi connectivity index (χ3v) is 3.14. The molecule has 0 saturated carbocycles. The first-order valence-electron chi connectivity index (χ1n) is 5.64. The Kier molecular flexibility index (Phi) is 4.08. The van der Waals surface area contributed by atoms with Gasteiger partial charge in [0.25, 0.3) is 0 Å². The number of hydrogen-bond acceptors (Lipinski definition) is 4. The molecular formula is C12H13BrFN3O. The van der Waals surface area contributed by atoms with Gasteiger partial charge in [-0.25, -0.2) is 4.39 Å². The average molecular weight is 314 g/mol. The third kappa shape index (κ3) is 2.76. The second kappa shape index (κ2) is 5.58. The highest BCUT2D eigenvalue weighted by atomic mass is 79.9. The van der Waals surface area contributed by atoms with Crippen molar-refractivity contribution in [2.24, 2.45) is 0 Å². The Labute approximate surface area is 113 Å². The second-order valence-corrected chi connectivity index (χ2v) is 4.70. The summed E-state index contributed by atoms with van der Waals surface area (Å²) in [6.07, 6.45) is 0. The minimum Gasteiger partial charge on any atom is -0.419 e. The smallest absolute Gasteiger partial charge is 0.248 e. The fourth-order valence-electron chi connectivity index (χ4n) is 1.57. The van der Waals surface area contributed by atoms with Gasteiger partial charge >= 0.3 is 0 Å². The van der Waals surface area contributed by atoms with Gasteiger partial charge in [-0.15, -0.1) is 10.2 Å². The van der Waals surface area contributed by atoms with E-state index in [0.29, 0.717) is 21.8 Å². The van der Waals surface area contributed by atoms with Crippen LogP contribution in [0, 0.1) is 5.82 Å². The molecule has 1 unspecified atom stereocenters. The summed E-state index contributed by atoms with van der Waals surface area (Å²) in [4.78, 5) is 0. The lowest BCUT2D eigenvalue weighted by Gasteiger charge is -2.05. The minimum absolute atomic E-state index is 0.00419. The van der Waals surface area contributed by atoms with E-state index in [-0.39, 0.29) is 11.9 Å². The van der Waals surface area contributed by atoms with E-state index in [2.05, 4.69) is 31.4 Å². The summed E-state index contributed by atoms with van der Waals surface area (Å²) in [6.45, 7) is 4.77. The predicted octanol–water partition coefficient (Wildman–Crippen LogP) is 3.31. The number of rotatable bonds is 4. The maximum absolute atomic E-state index is 13.0. The monoisotopic (exact) mass is 313 g/mol. The van der Waals surface area contributed by atoms with Gasteiger partial charge in [-0.05, 0) is 47.6 Å². The van der Waals surface area contributed by atoms with Crippen molar-refractivity contribution >= 4 is 15.9 Å². The molecule has 2 rings (SSSR count). The Morgan fingerprint density at radius 3 is 2.89 bits per heavy atom. The van der Waals surface area contributed by atoms with Gasteiger partial charge in [0.15, 0.2) is 0 Å². The largest absolute Gasteiger partial charge is 0.419 e. The zero-order valence-corrected chi connectivity index (χ0v) is 11.7. The van der Waals surface area contributed by atoms with E-state index in [4.69, 9.17) is 4.42 Å². The van der Waals surface area contributed by atoms with Crippen molar-refractivity contribution < 1.29 is 8.81 Å². The highest BCUT2D eigenvalue weighted by Gasteiger charge is 2.15. The molecule has 0 aliphatic carbocycles. The Morgan fingerprint density at radius 2 is 2.22 bits per heavy atom. The summed E-state index contributed by atoms with van der Waals surface area (Å²) in [5.74, 6) is 0.580. The molecular weight excluding hydrogens is 301 g/mol. The molecule has 1 heterocycles. The summed E-state index contributed by atoms with van der Waals surface area (Å²) in [5, 5.41) is 11.1. The van der Waals surface area contributed by atoms with Crippen LogP contribution >= 0.6 is 15.9 Å². The summed E-state index contributed by atoms with van der Waals surface area (Å²) in [5.41, 5.74) is 0.679. The lowest BCUT2D eigenvalue weighted by molar-refractivity contribution is 0.429. The molecule has 1 aromatic carbocycles. The Hall–Kier alpha value is -1.27. The lowest BCUT2D eigenvalue weighted by atomic mass is 10.2. The number of hydrogen-bond donors (Lipinski definition) is 1. The molecule has 0 radical (unpaired) electrons. The topological polar surface area (TPSA) is 51.0 Å². The first kappa shape index (κ1) is 13.2. The fraction of sp³-hybridized carbons (Fsp3) is 0.333. The van der Waals surface area contributed by atoms with Crippen LogP contribution in [0.5, 0.6) is 0 Å². The predicted molar refractivity (Wildman–Crippen MR) is 69.5 cm³/mol. The standard InChI is InChI=1S/C12H13BrFN3O/c1-3-15-7(2)11-16-17-12(18-11)9-5-4-8(14)6-10(9)13/h4-7,15H,3H2,1-2H3. The molecule has 0 fully saturated rings. The number of nitrogens with one attached hydrogen (secondary N) is 1.